The van der Waals surface area contributed by atoms with Crippen LogP contribution in [0.5, 0.6) is 0 Å². The van der Waals surface area contributed by atoms with Crippen LogP contribution in [0.1, 0.15) is 54.5 Å². The average Bonchev–Trinajstić information content (AvgIpc) is 3.24. The number of H-pyrrole nitrogens is 1. The minimum atomic E-state index is -0.223. The molecule has 4 rings (SSSR count). The summed E-state index contributed by atoms with van der Waals surface area (Å²) in [5.41, 5.74) is 3.08. The van der Waals surface area contributed by atoms with E-state index >= 15 is 0 Å². The van der Waals surface area contributed by atoms with Crippen molar-refractivity contribution in [2.24, 2.45) is 0 Å². The van der Waals surface area contributed by atoms with Gasteiger partial charge in [-0.15, -0.1) is 0 Å². The Balaban J connectivity index is 1.40. The number of pyridine rings is 1. The van der Waals surface area contributed by atoms with Crippen LogP contribution in [-0.4, -0.2) is 50.7 Å². The maximum Gasteiger partial charge on any atom is 0.230 e. The van der Waals surface area contributed by atoms with Crippen molar-refractivity contribution in [2.75, 3.05) is 19.7 Å². The van der Waals surface area contributed by atoms with E-state index in [1.807, 2.05) is 55.1 Å². The van der Waals surface area contributed by atoms with Crippen molar-refractivity contribution in [1.29, 1.82) is 0 Å². The third-order valence-corrected chi connectivity index (χ3v) is 5.19. The van der Waals surface area contributed by atoms with Crippen LogP contribution in [0, 0.1) is 0 Å². The molecule has 1 aliphatic rings. The Kier molecular flexibility index (Phi) is 6.18. The topological polar surface area (TPSA) is 84.0 Å². The van der Waals surface area contributed by atoms with Crippen molar-refractivity contribution < 1.29 is 9.53 Å². The van der Waals surface area contributed by atoms with Crippen LogP contribution < -0.4 is 0 Å². The van der Waals surface area contributed by atoms with Gasteiger partial charge < -0.3 is 9.64 Å². The lowest BCUT2D eigenvalue weighted by atomic mass is 10.1. The summed E-state index contributed by atoms with van der Waals surface area (Å²) in [6, 6.07) is 16.3. The monoisotopic (exact) mass is 405 g/mol. The van der Waals surface area contributed by atoms with Gasteiger partial charge in [-0.25, -0.2) is 4.98 Å². The van der Waals surface area contributed by atoms with Gasteiger partial charge in [-0.3, -0.25) is 14.9 Å². The lowest BCUT2D eigenvalue weighted by Gasteiger charge is -2.32. The number of ether oxygens (including phenoxy) is 1. The molecule has 0 aliphatic carbocycles. The van der Waals surface area contributed by atoms with Crippen molar-refractivity contribution in [1.82, 2.24) is 25.1 Å². The predicted octanol–water partition coefficient (Wildman–Crippen LogP) is 3.06. The number of aromatic nitrogens is 4. The van der Waals surface area contributed by atoms with Crippen LogP contribution in [0.4, 0.5) is 0 Å². The van der Waals surface area contributed by atoms with E-state index in [9.17, 15) is 4.79 Å². The van der Waals surface area contributed by atoms with Crippen molar-refractivity contribution in [3.63, 3.8) is 0 Å². The largest absolute Gasteiger partial charge is 0.368 e. The zero-order valence-electron chi connectivity index (χ0n) is 17.4. The molecule has 0 radical (unpaired) electrons. The van der Waals surface area contributed by atoms with Crippen molar-refractivity contribution in [3.05, 3.63) is 77.1 Å². The first kappa shape index (κ1) is 20.2. The van der Waals surface area contributed by atoms with E-state index in [1.165, 1.54) is 5.56 Å². The first-order valence-corrected chi connectivity index (χ1v) is 10.4. The highest BCUT2D eigenvalue weighted by Crippen LogP contribution is 2.22. The molecule has 3 heterocycles. The molecule has 3 aromatic rings. The van der Waals surface area contributed by atoms with E-state index in [0.717, 1.165) is 23.6 Å². The summed E-state index contributed by atoms with van der Waals surface area (Å²) in [6.45, 7) is 5.62. The first-order chi connectivity index (χ1) is 14.6. The van der Waals surface area contributed by atoms with E-state index in [-0.39, 0.29) is 24.3 Å². The second kappa shape index (κ2) is 9.17. The lowest BCUT2D eigenvalue weighted by molar-refractivity contribution is -0.138. The van der Waals surface area contributed by atoms with Gasteiger partial charge in [0.1, 0.15) is 11.9 Å². The Hall–Kier alpha value is -3.06. The van der Waals surface area contributed by atoms with Gasteiger partial charge in [-0.2, -0.15) is 5.10 Å². The number of amides is 1. The molecule has 1 unspecified atom stereocenters. The molecule has 1 amide bonds. The Morgan fingerprint density at radius 3 is 2.77 bits per heavy atom. The predicted molar refractivity (Wildman–Crippen MR) is 113 cm³/mol. The number of morpholine rings is 1. The normalized spacial score (nSPS) is 16.8. The van der Waals surface area contributed by atoms with E-state index in [4.69, 9.17) is 9.72 Å². The zero-order valence-corrected chi connectivity index (χ0v) is 17.4. The molecule has 0 bridgehead atoms. The second-order valence-corrected chi connectivity index (χ2v) is 7.89. The highest BCUT2D eigenvalue weighted by molar-refractivity contribution is 5.78. The summed E-state index contributed by atoms with van der Waals surface area (Å²) in [5, 5.41) is 7.06. The molecule has 1 N–H and O–H groups in total. The van der Waals surface area contributed by atoms with Gasteiger partial charge in [0.05, 0.1) is 25.3 Å². The molecule has 1 aromatic carbocycles. The van der Waals surface area contributed by atoms with Gasteiger partial charge >= 0.3 is 0 Å². The fraction of sp³-hybridized carbons (Fsp3) is 0.391. The number of hydrogen-bond acceptors (Lipinski definition) is 5. The number of benzene rings is 1. The Morgan fingerprint density at radius 2 is 2.00 bits per heavy atom. The number of carbonyl (C=O) groups is 1. The summed E-state index contributed by atoms with van der Waals surface area (Å²) in [6.07, 6.45) is 0.765. The number of hydrogen-bond donors (Lipinski definition) is 1. The highest BCUT2D eigenvalue weighted by Gasteiger charge is 2.27. The summed E-state index contributed by atoms with van der Waals surface area (Å²) < 4.78 is 5.94. The van der Waals surface area contributed by atoms with E-state index in [1.54, 1.807) is 0 Å². The van der Waals surface area contributed by atoms with Crippen LogP contribution >= 0.6 is 0 Å². The van der Waals surface area contributed by atoms with Gasteiger partial charge in [0, 0.05) is 24.6 Å². The van der Waals surface area contributed by atoms with E-state index in [0.29, 0.717) is 25.5 Å². The Bertz CT molecular complexity index is 986. The fourth-order valence-electron chi connectivity index (χ4n) is 3.54. The third-order valence-electron chi connectivity index (χ3n) is 5.19. The van der Waals surface area contributed by atoms with Gasteiger partial charge in [-0.05, 0) is 17.7 Å². The lowest BCUT2D eigenvalue weighted by Crippen LogP contribution is -2.43. The van der Waals surface area contributed by atoms with Gasteiger partial charge in [-0.1, -0.05) is 50.2 Å². The molecule has 1 atom stereocenters. The summed E-state index contributed by atoms with van der Waals surface area (Å²) in [5.74, 6) is 1.59. The summed E-state index contributed by atoms with van der Waals surface area (Å²) >= 11 is 0. The van der Waals surface area contributed by atoms with Crippen LogP contribution in [-0.2, 0) is 22.4 Å². The van der Waals surface area contributed by atoms with Gasteiger partial charge in [0.25, 0.3) is 0 Å². The number of rotatable bonds is 6. The summed E-state index contributed by atoms with van der Waals surface area (Å²) in [4.78, 5) is 23.8. The molecule has 1 aliphatic heterocycles. The molecule has 0 spiro atoms. The van der Waals surface area contributed by atoms with Crippen molar-refractivity contribution >= 4 is 5.91 Å². The standard InChI is InChI=1S/C23H27N5O2/c1-16(2)23-25-21(26-27-23)14-22(29)28-11-12-30-20(15-28)19-10-6-9-18(24-19)13-17-7-4-3-5-8-17/h3-10,16,20H,11-15H2,1-2H3,(H,25,26,27). The average molecular weight is 406 g/mol. The SMILES string of the molecule is CC(C)c1n[nH]c(CC(=O)N2CCOC(c3cccc(Cc4ccccc4)n3)C2)n1. The summed E-state index contributed by atoms with van der Waals surface area (Å²) in [7, 11) is 0. The number of aromatic amines is 1. The molecule has 30 heavy (non-hydrogen) atoms. The molecule has 156 valence electrons. The smallest absolute Gasteiger partial charge is 0.230 e. The van der Waals surface area contributed by atoms with E-state index in [2.05, 4.69) is 27.3 Å². The number of nitrogens with zero attached hydrogens (tertiary/aromatic N) is 4. The number of carbonyl (C=O) groups excluding carboxylic acids is 1. The van der Waals surface area contributed by atoms with Crippen LogP contribution in [0.25, 0.3) is 0 Å². The molecule has 1 saturated heterocycles. The van der Waals surface area contributed by atoms with Crippen molar-refractivity contribution in [2.45, 2.75) is 38.7 Å². The Labute approximate surface area is 176 Å². The van der Waals surface area contributed by atoms with Crippen molar-refractivity contribution in [3.8, 4) is 0 Å². The minimum Gasteiger partial charge on any atom is -0.368 e. The maximum atomic E-state index is 12.8. The van der Waals surface area contributed by atoms with Crippen LogP contribution in [0.2, 0.25) is 0 Å². The molecule has 0 saturated carbocycles. The third kappa shape index (κ3) is 4.91. The maximum absolute atomic E-state index is 12.8. The van der Waals surface area contributed by atoms with Gasteiger partial charge in [0.15, 0.2) is 5.82 Å². The van der Waals surface area contributed by atoms with Crippen LogP contribution in [0.15, 0.2) is 48.5 Å². The molecule has 7 heteroatoms. The quantitative estimate of drug-likeness (QED) is 0.681. The zero-order chi connectivity index (χ0) is 20.9. The van der Waals surface area contributed by atoms with Gasteiger partial charge in [0.2, 0.25) is 5.91 Å². The fourth-order valence-corrected chi connectivity index (χ4v) is 3.54. The number of nitrogens with one attached hydrogen (secondary N) is 1. The highest BCUT2D eigenvalue weighted by atomic mass is 16.5. The molecule has 7 nitrogen and oxygen atoms in total. The molecular formula is C23H27N5O2. The van der Waals surface area contributed by atoms with Crippen LogP contribution in [0.3, 0.4) is 0 Å². The first-order valence-electron chi connectivity index (χ1n) is 10.4. The van der Waals surface area contributed by atoms with E-state index < -0.39 is 0 Å². The Morgan fingerprint density at radius 1 is 1.17 bits per heavy atom. The molecule has 1 fully saturated rings. The minimum absolute atomic E-state index is 0.0233. The molecule has 2 aromatic heterocycles. The molecular weight excluding hydrogens is 378 g/mol. The second-order valence-electron chi connectivity index (χ2n) is 7.89.